The Bertz CT molecular complexity index is 972. The molecule has 3 saturated heterocycles. The smallest absolute Gasteiger partial charge is 0.293 e. The molecule has 31 heavy (non-hydrogen) atoms. The standard InChI is InChI=1S/C24H29BN5O/c1-17-10-27(11-18-5-3-2-4-6-18)15-23-21-7-8-24(26-22(21)14-28(17)23)29-12-20-9-19(29)13-30(20)25-16-31/h2-8,16-17,19-20,23H,9-15H2,1H3/t17-,19+,20+,23-/m1/s1. The van der Waals surface area contributed by atoms with E-state index in [9.17, 15) is 4.79 Å². The van der Waals surface area contributed by atoms with Gasteiger partial charge in [0.2, 0.25) is 0 Å². The number of benzene rings is 1. The molecule has 0 unspecified atom stereocenters. The zero-order valence-corrected chi connectivity index (χ0v) is 18.1. The highest BCUT2D eigenvalue weighted by Crippen LogP contribution is 2.40. The van der Waals surface area contributed by atoms with Crippen molar-refractivity contribution in [2.75, 3.05) is 31.1 Å². The van der Waals surface area contributed by atoms with Crippen molar-refractivity contribution in [1.29, 1.82) is 0 Å². The van der Waals surface area contributed by atoms with E-state index >= 15 is 0 Å². The van der Waals surface area contributed by atoms with Crippen molar-refractivity contribution in [3.63, 3.8) is 0 Å². The van der Waals surface area contributed by atoms with Crippen molar-refractivity contribution in [2.24, 2.45) is 0 Å². The minimum atomic E-state index is 0.441. The summed E-state index contributed by atoms with van der Waals surface area (Å²) in [5.74, 6) is 1.12. The lowest BCUT2D eigenvalue weighted by molar-refractivity contribution is 0.0336. The van der Waals surface area contributed by atoms with Gasteiger partial charge < -0.3 is 14.5 Å². The SMILES string of the molecule is C[C@@H]1CN(Cc2ccccc2)C[C@@H]2c3ccc(N4C[C@@H]5C[C@H]4CN5[B]C=O)nc3CN12. The predicted octanol–water partition coefficient (Wildman–Crippen LogP) is 1.91. The van der Waals surface area contributed by atoms with Gasteiger partial charge in [-0.3, -0.25) is 9.80 Å². The minimum Gasteiger partial charge on any atom is -0.351 e. The van der Waals surface area contributed by atoms with Crippen LogP contribution in [0.2, 0.25) is 0 Å². The van der Waals surface area contributed by atoms with E-state index in [1.54, 1.807) is 7.41 Å². The van der Waals surface area contributed by atoms with E-state index in [2.05, 4.69) is 68.9 Å². The van der Waals surface area contributed by atoms with Crippen LogP contribution in [-0.4, -0.2) is 77.5 Å². The van der Waals surface area contributed by atoms with Gasteiger partial charge in [0.15, 0.2) is 0 Å². The molecule has 4 aliphatic rings. The summed E-state index contributed by atoms with van der Waals surface area (Å²) in [6.07, 6.45) is 2.04. The van der Waals surface area contributed by atoms with Crippen molar-refractivity contribution in [2.45, 2.75) is 50.6 Å². The second kappa shape index (κ2) is 7.73. The van der Waals surface area contributed by atoms with Gasteiger partial charge in [-0.1, -0.05) is 36.4 Å². The van der Waals surface area contributed by atoms with Crippen molar-refractivity contribution < 1.29 is 4.79 Å². The van der Waals surface area contributed by atoms with E-state index < -0.39 is 0 Å². The third-order valence-electron chi connectivity index (χ3n) is 7.68. The van der Waals surface area contributed by atoms with Crippen molar-refractivity contribution in [3.05, 3.63) is 59.3 Å². The number of piperazine rings is 2. The van der Waals surface area contributed by atoms with Crippen molar-refractivity contribution in [3.8, 4) is 0 Å². The number of hydrogen-bond acceptors (Lipinski definition) is 6. The number of hydrogen-bond donors (Lipinski definition) is 0. The average Bonchev–Trinajstić information content (AvgIpc) is 3.47. The normalized spacial score (nSPS) is 30.4. The zero-order chi connectivity index (χ0) is 20.9. The predicted molar refractivity (Wildman–Crippen MR) is 122 cm³/mol. The molecule has 3 fully saturated rings. The third kappa shape index (κ3) is 3.39. The fraction of sp³-hybridized carbons (Fsp3) is 0.500. The van der Waals surface area contributed by atoms with Crippen LogP contribution in [-0.2, 0) is 17.9 Å². The Morgan fingerprint density at radius 3 is 2.71 bits per heavy atom. The number of anilines is 1. The maximum atomic E-state index is 10.9. The number of nitrogens with zero attached hydrogens (tertiary/aromatic N) is 5. The van der Waals surface area contributed by atoms with Crippen LogP contribution in [0.3, 0.4) is 0 Å². The summed E-state index contributed by atoms with van der Waals surface area (Å²) in [6, 6.07) is 17.3. The summed E-state index contributed by atoms with van der Waals surface area (Å²) < 4.78 is 0. The third-order valence-corrected chi connectivity index (χ3v) is 7.68. The molecule has 1 radical (unpaired) electrons. The zero-order valence-electron chi connectivity index (χ0n) is 18.1. The molecular weight excluding hydrogens is 385 g/mol. The van der Waals surface area contributed by atoms with Crippen LogP contribution < -0.4 is 4.90 Å². The fourth-order valence-corrected chi connectivity index (χ4v) is 6.23. The van der Waals surface area contributed by atoms with Crippen molar-refractivity contribution >= 4 is 19.4 Å². The molecule has 4 aliphatic heterocycles. The first-order valence-corrected chi connectivity index (χ1v) is 11.5. The van der Waals surface area contributed by atoms with Gasteiger partial charge in [0.1, 0.15) is 5.82 Å². The Kier molecular flexibility index (Phi) is 4.85. The van der Waals surface area contributed by atoms with Crippen LogP contribution in [0, 0.1) is 0 Å². The summed E-state index contributed by atoms with van der Waals surface area (Å²) in [6.45, 7) is 8.40. The first-order valence-electron chi connectivity index (χ1n) is 11.5. The van der Waals surface area contributed by atoms with Crippen LogP contribution in [0.25, 0.3) is 0 Å². The molecule has 6 nitrogen and oxygen atoms in total. The molecule has 5 heterocycles. The Morgan fingerprint density at radius 1 is 1.06 bits per heavy atom. The van der Waals surface area contributed by atoms with E-state index in [1.165, 1.54) is 16.8 Å². The van der Waals surface area contributed by atoms with Gasteiger partial charge in [0.25, 0.3) is 7.41 Å². The van der Waals surface area contributed by atoms with Crippen LogP contribution in [0.1, 0.15) is 36.2 Å². The molecular formula is C24H29BN5O. The maximum Gasteiger partial charge on any atom is 0.293 e. The molecule has 4 atom stereocenters. The highest BCUT2D eigenvalue weighted by Gasteiger charge is 2.44. The van der Waals surface area contributed by atoms with Gasteiger partial charge in [-0.15, -0.1) is 0 Å². The second-order valence-corrected chi connectivity index (χ2v) is 9.60. The summed E-state index contributed by atoms with van der Waals surface area (Å²) >= 11 is 0. The molecule has 1 aromatic heterocycles. The largest absolute Gasteiger partial charge is 0.351 e. The van der Waals surface area contributed by atoms with Crippen LogP contribution in [0.5, 0.6) is 0 Å². The molecule has 2 bridgehead atoms. The fourth-order valence-electron chi connectivity index (χ4n) is 6.23. The van der Waals surface area contributed by atoms with Gasteiger partial charge in [0, 0.05) is 57.4 Å². The van der Waals surface area contributed by atoms with E-state index in [0.29, 0.717) is 24.2 Å². The number of fused-ring (bicyclic) bond motifs is 5. The monoisotopic (exact) mass is 414 g/mol. The number of pyridine rings is 1. The first-order chi connectivity index (χ1) is 15.2. The maximum absolute atomic E-state index is 10.9. The Hall–Kier alpha value is -2.22. The average molecular weight is 414 g/mol. The topological polar surface area (TPSA) is 42.9 Å². The molecule has 159 valence electrons. The minimum absolute atomic E-state index is 0.441. The summed E-state index contributed by atoms with van der Waals surface area (Å²) in [5, 5.41) is 0. The van der Waals surface area contributed by atoms with Crippen LogP contribution in [0.15, 0.2) is 42.5 Å². The molecule has 2 aromatic rings. The van der Waals surface area contributed by atoms with Crippen LogP contribution >= 0.6 is 0 Å². The molecule has 0 spiro atoms. The van der Waals surface area contributed by atoms with Gasteiger partial charge in [-0.25, -0.2) is 4.98 Å². The lowest BCUT2D eigenvalue weighted by atomic mass is 9.93. The van der Waals surface area contributed by atoms with Gasteiger partial charge >= 0.3 is 0 Å². The molecule has 7 heteroatoms. The number of rotatable bonds is 5. The lowest BCUT2D eigenvalue weighted by Gasteiger charge is -2.42. The van der Waals surface area contributed by atoms with Gasteiger partial charge in [0.05, 0.1) is 17.9 Å². The summed E-state index contributed by atoms with van der Waals surface area (Å²) in [5.41, 5.74) is 4.06. The summed E-state index contributed by atoms with van der Waals surface area (Å²) in [7, 11) is 1.71. The highest BCUT2D eigenvalue weighted by atomic mass is 16.1. The van der Waals surface area contributed by atoms with E-state index in [4.69, 9.17) is 4.98 Å². The van der Waals surface area contributed by atoms with E-state index in [0.717, 1.165) is 57.7 Å². The molecule has 0 saturated carbocycles. The molecule has 1 aromatic carbocycles. The molecule has 6 rings (SSSR count). The van der Waals surface area contributed by atoms with Crippen LogP contribution in [0.4, 0.5) is 5.82 Å². The Labute approximate surface area is 185 Å². The summed E-state index contributed by atoms with van der Waals surface area (Å²) in [4.78, 5) is 25.9. The Balaban J connectivity index is 1.19. The van der Waals surface area contributed by atoms with Gasteiger partial charge in [-0.05, 0) is 30.5 Å². The van der Waals surface area contributed by atoms with E-state index in [1.807, 2.05) is 0 Å². The lowest BCUT2D eigenvalue weighted by Crippen LogP contribution is -2.50. The first kappa shape index (κ1) is 19.5. The molecule has 0 N–H and O–H groups in total. The molecule has 0 amide bonds. The number of carbonyl (C=O) groups is 1. The molecule has 0 aliphatic carbocycles. The second-order valence-electron chi connectivity index (χ2n) is 9.60. The number of carbonyl (C=O) groups excluding carboxylic acids is 1. The van der Waals surface area contributed by atoms with Gasteiger partial charge in [-0.2, -0.15) is 0 Å². The Morgan fingerprint density at radius 2 is 1.94 bits per heavy atom. The number of aromatic nitrogens is 1. The van der Waals surface area contributed by atoms with E-state index in [-0.39, 0.29) is 0 Å². The highest BCUT2D eigenvalue weighted by molar-refractivity contribution is 6.64. The quantitative estimate of drug-likeness (QED) is 0.550. The van der Waals surface area contributed by atoms with Crippen molar-refractivity contribution in [1.82, 2.24) is 19.6 Å².